The fourth-order valence-corrected chi connectivity index (χ4v) is 6.91. The summed E-state index contributed by atoms with van der Waals surface area (Å²) in [7, 11) is -3.50. The number of carbonyl (C=O) groups is 1. The number of carbonyl (C=O) groups excluding carboxylic acids is 1. The van der Waals surface area contributed by atoms with E-state index >= 15 is 0 Å². The highest BCUT2D eigenvalue weighted by atomic mass is 32.2. The Morgan fingerprint density at radius 3 is 2.40 bits per heavy atom. The van der Waals surface area contributed by atoms with Gasteiger partial charge in [0, 0.05) is 25.2 Å². The summed E-state index contributed by atoms with van der Waals surface area (Å²) in [4.78, 5) is 12.8. The number of ether oxygens (including phenoxy) is 1. The second kappa shape index (κ2) is 7.77. The van der Waals surface area contributed by atoms with Gasteiger partial charge in [0.1, 0.15) is 0 Å². The Morgan fingerprint density at radius 2 is 1.83 bits per heavy atom. The molecule has 1 aliphatic heterocycles. The van der Waals surface area contributed by atoms with Gasteiger partial charge in [0.05, 0.1) is 18.1 Å². The first kappa shape index (κ1) is 21.5. The molecule has 3 atom stereocenters. The molecule has 0 radical (unpaired) electrons. The molecule has 3 unspecified atom stereocenters. The summed E-state index contributed by atoms with van der Waals surface area (Å²) in [6, 6.07) is 6.88. The van der Waals surface area contributed by atoms with Gasteiger partial charge in [-0.05, 0) is 59.8 Å². The van der Waals surface area contributed by atoms with E-state index in [2.05, 4.69) is 26.1 Å². The Labute approximate surface area is 179 Å². The molecule has 3 aliphatic rings. The SMILES string of the molecule is CC1(C)C2CCC1(C)C(NC(=O)C=Cc1ccc(S(=O)(=O)N3CCOCC3)cc1)C2. The maximum absolute atomic E-state index is 12.7. The number of amides is 1. The van der Waals surface area contributed by atoms with Crippen LogP contribution < -0.4 is 5.32 Å². The van der Waals surface area contributed by atoms with Crippen LogP contribution >= 0.6 is 0 Å². The Bertz CT molecular complexity index is 932. The van der Waals surface area contributed by atoms with E-state index in [0.29, 0.717) is 32.2 Å². The molecule has 3 fully saturated rings. The van der Waals surface area contributed by atoms with Crippen LogP contribution in [0.1, 0.15) is 45.6 Å². The van der Waals surface area contributed by atoms with Crippen molar-refractivity contribution in [2.75, 3.05) is 26.3 Å². The second-order valence-corrected chi connectivity index (χ2v) is 11.5. The summed E-state index contributed by atoms with van der Waals surface area (Å²) in [5.41, 5.74) is 1.21. The number of benzene rings is 1. The Balaban J connectivity index is 1.38. The van der Waals surface area contributed by atoms with Gasteiger partial charge in [-0.3, -0.25) is 4.79 Å². The van der Waals surface area contributed by atoms with Crippen molar-refractivity contribution in [2.45, 2.75) is 51.0 Å². The minimum atomic E-state index is -3.50. The molecule has 2 aliphatic carbocycles. The molecule has 4 rings (SSSR count). The Hall–Kier alpha value is -1.70. The number of nitrogens with zero attached hydrogens (tertiary/aromatic N) is 1. The lowest BCUT2D eigenvalue weighted by atomic mass is 9.69. The quantitative estimate of drug-likeness (QED) is 0.726. The molecule has 164 valence electrons. The third-order valence-electron chi connectivity index (χ3n) is 8.03. The van der Waals surface area contributed by atoms with Gasteiger partial charge in [-0.1, -0.05) is 32.9 Å². The van der Waals surface area contributed by atoms with Crippen molar-refractivity contribution in [3.05, 3.63) is 35.9 Å². The number of sulfonamides is 1. The van der Waals surface area contributed by atoms with E-state index in [9.17, 15) is 13.2 Å². The number of morpholine rings is 1. The lowest BCUT2D eigenvalue weighted by Gasteiger charge is -2.39. The molecule has 6 nitrogen and oxygen atoms in total. The number of rotatable bonds is 5. The number of hydrogen-bond acceptors (Lipinski definition) is 4. The second-order valence-electron chi connectivity index (χ2n) is 9.59. The molecule has 30 heavy (non-hydrogen) atoms. The molecule has 2 bridgehead atoms. The molecule has 2 saturated carbocycles. The summed E-state index contributed by atoms with van der Waals surface area (Å²) in [6.07, 6.45) is 6.76. The first-order chi connectivity index (χ1) is 14.1. The summed E-state index contributed by atoms with van der Waals surface area (Å²) in [6.45, 7) is 8.57. The third-order valence-corrected chi connectivity index (χ3v) is 9.94. The molecule has 1 saturated heterocycles. The van der Waals surface area contributed by atoms with Crippen LogP contribution in [0.15, 0.2) is 35.2 Å². The average Bonchev–Trinajstić information content (AvgIpc) is 3.07. The molecule has 1 N–H and O–H groups in total. The van der Waals surface area contributed by atoms with Crippen molar-refractivity contribution >= 4 is 22.0 Å². The van der Waals surface area contributed by atoms with Gasteiger partial charge in [0.25, 0.3) is 0 Å². The van der Waals surface area contributed by atoms with Gasteiger partial charge in [-0.25, -0.2) is 8.42 Å². The maximum atomic E-state index is 12.7. The van der Waals surface area contributed by atoms with Crippen molar-refractivity contribution in [3.8, 4) is 0 Å². The lowest BCUT2D eigenvalue weighted by Crippen LogP contribution is -2.46. The lowest BCUT2D eigenvalue weighted by molar-refractivity contribution is -0.118. The zero-order valence-electron chi connectivity index (χ0n) is 18.1. The smallest absolute Gasteiger partial charge is 0.244 e. The first-order valence-corrected chi connectivity index (χ1v) is 12.3. The van der Waals surface area contributed by atoms with Gasteiger partial charge >= 0.3 is 0 Å². The predicted octanol–water partition coefficient (Wildman–Crippen LogP) is 3.05. The van der Waals surface area contributed by atoms with Crippen LogP contribution in [0.5, 0.6) is 0 Å². The maximum Gasteiger partial charge on any atom is 0.244 e. The molecule has 0 spiro atoms. The molecular formula is C23H32N2O4S. The molecule has 0 aromatic heterocycles. The van der Waals surface area contributed by atoms with Gasteiger partial charge in [0.15, 0.2) is 0 Å². The fraction of sp³-hybridized carbons (Fsp3) is 0.609. The number of hydrogen-bond donors (Lipinski definition) is 1. The standard InChI is InChI=1S/C23H32N2O4S/c1-22(2)18-10-11-23(22,3)20(16-18)24-21(26)9-6-17-4-7-19(8-5-17)30(27,28)25-12-14-29-15-13-25/h4-9,18,20H,10-16H2,1-3H3,(H,24,26). The summed E-state index contributed by atoms with van der Waals surface area (Å²) in [5.74, 6) is 0.590. The van der Waals surface area contributed by atoms with Crippen molar-refractivity contribution < 1.29 is 17.9 Å². The minimum Gasteiger partial charge on any atom is -0.379 e. The zero-order chi connectivity index (χ0) is 21.6. The van der Waals surface area contributed by atoms with E-state index in [1.54, 1.807) is 36.4 Å². The van der Waals surface area contributed by atoms with Crippen LogP contribution in [0.4, 0.5) is 0 Å². The number of fused-ring (bicyclic) bond motifs is 2. The van der Waals surface area contributed by atoms with Crippen LogP contribution in [-0.4, -0.2) is 51.0 Å². The van der Waals surface area contributed by atoms with Crippen LogP contribution in [0.25, 0.3) is 6.08 Å². The molecular weight excluding hydrogens is 400 g/mol. The molecule has 1 aromatic rings. The highest BCUT2D eigenvalue weighted by Gasteiger charge is 2.61. The van der Waals surface area contributed by atoms with E-state index in [1.165, 1.54) is 17.1 Å². The van der Waals surface area contributed by atoms with Gasteiger partial charge < -0.3 is 10.1 Å². The normalized spacial score (nSPS) is 31.3. The topological polar surface area (TPSA) is 75.7 Å². The number of nitrogens with one attached hydrogen (secondary N) is 1. The fourth-order valence-electron chi connectivity index (χ4n) is 5.50. The minimum absolute atomic E-state index is 0.0883. The van der Waals surface area contributed by atoms with E-state index in [-0.39, 0.29) is 27.7 Å². The predicted molar refractivity (Wildman–Crippen MR) is 116 cm³/mol. The zero-order valence-corrected chi connectivity index (χ0v) is 18.9. The van der Waals surface area contributed by atoms with Gasteiger partial charge in [0.2, 0.25) is 15.9 Å². The van der Waals surface area contributed by atoms with Crippen molar-refractivity contribution in [3.63, 3.8) is 0 Å². The average molecular weight is 433 g/mol. The highest BCUT2D eigenvalue weighted by molar-refractivity contribution is 7.89. The van der Waals surface area contributed by atoms with Gasteiger partial charge in [-0.15, -0.1) is 0 Å². The largest absolute Gasteiger partial charge is 0.379 e. The van der Waals surface area contributed by atoms with Crippen LogP contribution in [0.2, 0.25) is 0 Å². The molecule has 1 heterocycles. The van der Waals surface area contributed by atoms with E-state index in [0.717, 1.165) is 12.0 Å². The third kappa shape index (κ3) is 3.61. The Morgan fingerprint density at radius 1 is 1.17 bits per heavy atom. The first-order valence-electron chi connectivity index (χ1n) is 10.8. The van der Waals surface area contributed by atoms with Crippen molar-refractivity contribution in [1.29, 1.82) is 0 Å². The summed E-state index contributed by atoms with van der Waals surface area (Å²) < 4.78 is 32.1. The summed E-state index contributed by atoms with van der Waals surface area (Å²) in [5, 5.41) is 3.22. The van der Waals surface area contributed by atoms with Crippen LogP contribution in [0, 0.1) is 16.7 Å². The molecule has 1 amide bonds. The van der Waals surface area contributed by atoms with E-state index in [4.69, 9.17) is 4.74 Å². The molecule has 1 aromatic carbocycles. The Kier molecular flexibility index (Phi) is 5.58. The van der Waals surface area contributed by atoms with Crippen LogP contribution in [-0.2, 0) is 19.6 Å². The summed E-state index contributed by atoms with van der Waals surface area (Å²) >= 11 is 0. The van der Waals surface area contributed by atoms with E-state index < -0.39 is 10.0 Å². The monoisotopic (exact) mass is 432 g/mol. The molecule has 7 heteroatoms. The van der Waals surface area contributed by atoms with Crippen LogP contribution in [0.3, 0.4) is 0 Å². The van der Waals surface area contributed by atoms with Crippen molar-refractivity contribution in [2.24, 2.45) is 16.7 Å². The highest BCUT2D eigenvalue weighted by Crippen LogP contribution is 2.65. The van der Waals surface area contributed by atoms with E-state index in [1.807, 2.05) is 0 Å². The van der Waals surface area contributed by atoms with Gasteiger partial charge in [-0.2, -0.15) is 4.31 Å². The van der Waals surface area contributed by atoms with Crippen molar-refractivity contribution in [1.82, 2.24) is 9.62 Å².